The number of hydrogen-bond acceptors (Lipinski definition) is 3. The summed E-state index contributed by atoms with van der Waals surface area (Å²) in [5.41, 5.74) is 0. The standard InChI is InChI=1S/C11H23NO3S/c1-2-8-12(9-10-16(13,14)15)11-6-4-3-5-7-11/h11H,2-10H2,1H3,(H,13,14,15). The molecule has 0 atom stereocenters. The monoisotopic (exact) mass is 249 g/mol. The van der Waals surface area contributed by atoms with Crippen molar-refractivity contribution < 1.29 is 13.0 Å². The summed E-state index contributed by atoms with van der Waals surface area (Å²) in [6, 6.07) is 0.524. The molecular weight excluding hydrogens is 226 g/mol. The Hall–Kier alpha value is -0.130. The van der Waals surface area contributed by atoms with Crippen LogP contribution in [-0.4, -0.2) is 42.8 Å². The average Bonchev–Trinajstić information content (AvgIpc) is 2.24. The van der Waals surface area contributed by atoms with E-state index in [1.54, 1.807) is 0 Å². The van der Waals surface area contributed by atoms with Crippen LogP contribution in [0.4, 0.5) is 0 Å². The molecule has 0 aromatic carbocycles. The first-order valence-corrected chi connectivity index (χ1v) is 7.83. The fourth-order valence-electron chi connectivity index (χ4n) is 2.44. The molecular formula is C11H23NO3S. The molecule has 0 saturated heterocycles. The molecule has 1 N–H and O–H groups in total. The van der Waals surface area contributed by atoms with Crippen molar-refractivity contribution in [3.8, 4) is 0 Å². The molecule has 96 valence electrons. The van der Waals surface area contributed by atoms with Gasteiger partial charge in [-0.15, -0.1) is 0 Å². The van der Waals surface area contributed by atoms with Crippen LogP contribution in [0.3, 0.4) is 0 Å². The molecule has 0 radical (unpaired) electrons. The Morgan fingerprint density at radius 2 is 1.81 bits per heavy atom. The highest BCUT2D eigenvalue weighted by molar-refractivity contribution is 7.85. The molecule has 1 aliphatic carbocycles. The molecule has 5 heteroatoms. The van der Waals surface area contributed by atoms with E-state index >= 15 is 0 Å². The summed E-state index contributed by atoms with van der Waals surface area (Å²) in [7, 11) is -3.82. The second-order valence-corrected chi connectivity index (χ2v) is 6.19. The second-order valence-electron chi connectivity index (χ2n) is 4.61. The highest BCUT2D eigenvalue weighted by Gasteiger charge is 2.21. The minimum atomic E-state index is -3.82. The smallest absolute Gasteiger partial charge is 0.266 e. The van der Waals surface area contributed by atoms with Crippen molar-refractivity contribution in [2.45, 2.75) is 51.5 Å². The van der Waals surface area contributed by atoms with Crippen molar-refractivity contribution >= 4 is 10.1 Å². The molecule has 0 spiro atoms. The topological polar surface area (TPSA) is 57.6 Å². The minimum absolute atomic E-state index is 0.135. The van der Waals surface area contributed by atoms with Gasteiger partial charge in [0, 0.05) is 12.6 Å². The van der Waals surface area contributed by atoms with Crippen LogP contribution in [-0.2, 0) is 10.1 Å². The van der Waals surface area contributed by atoms with E-state index in [0.29, 0.717) is 12.6 Å². The van der Waals surface area contributed by atoms with Crippen LogP contribution in [0.1, 0.15) is 45.4 Å². The zero-order valence-corrected chi connectivity index (χ0v) is 10.9. The van der Waals surface area contributed by atoms with E-state index < -0.39 is 10.1 Å². The van der Waals surface area contributed by atoms with E-state index in [1.807, 2.05) is 0 Å². The van der Waals surface area contributed by atoms with Crippen LogP contribution in [0.5, 0.6) is 0 Å². The molecule has 0 aliphatic heterocycles. The van der Waals surface area contributed by atoms with E-state index in [-0.39, 0.29) is 5.75 Å². The van der Waals surface area contributed by atoms with Crippen molar-refractivity contribution in [2.24, 2.45) is 0 Å². The first-order chi connectivity index (χ1) is 7.53. The van der Waals surface area contributed by atoms with Gasteiger partial charge in [0.25, 0.3) is 10.1 Å². The molecule has 1 rings (SSSR count). The lowest BCUT2D eigenvalue weighted by Gasteiger charge is -2.33. The lowest BCUT2D eigenvalue weighted by molar-refractivity contribution is 0.164. The molecule has 0 unspecified atom stereocenters. The van der Waals surface area contributed by atoms with Crippen LogP contribution in [0.15, 0.2) is 0 Å². The van der Waals surface area contributed by atoms with Crippen LogP contribution < -0.4 is 0 Å². The van der Waals surface area contributed by atoms with Crippen LogP contribution in [0, 0.1) is 0 Å². The highest BCUT2D eigenvalue weighted by Crippen LogP contribution is 2.22. The molecule has 1 fully saturated rings. The first kappa shape index (κ1) is 13.9. The Balaban J connectivity index is 2.45. The van der Waals surface area contributed by atoms with E-state index in [1.165, 1.54) is 32.1 Å². The van der Waals surface area contributed by atoms with Crippen molar-refractivity contribution in [3.63, 3.8) is 0 Å². The van der Waals surface area contributed by atoms with Gasteiger partial charge < -0.3 is 0 Å². The van der Waals surface area contributed by atoms with Gasteiger partial charge in [-0.25, -0.2) is 0 Å². The molecule has 1 saturated carbocycles. The summed E-state index contributed by atoms with van der Waals surface area (Å²) in [4.78, 5) is 2.23. The summed E-state index contributed by atoms with van der Waals surface area (Å²) < 4.78 is 30.3. The van der Waals surface area contributed by atoms with Gasteiger partial charge in [0.15, 0.2) is 0 Å². The first-order valence-electron chi connectivity index (χ1n) is 6.22. The molecule has 0 heterocycles. The third kappa shape index (κ3) is 5.27. The predicted molar refractivity (Wildman–Crippen MR) is 65.2 cm³/mol. The maximum absolute atomic E-state index is 10.8. The second kappa shape index (κ2) is 6.57. The molecule has 0 aromatic rings. The van der Waals surface area contributed by atoms with E-state index in [9.17, 15) is 8.42 Å². The van der Waals surface area contributed by atoms with Crippen molar-refractivity contribution in [2.75, 3.05) is 18.8 Å². The molecule has 16 heavy (non-hydrogen) atoms. The van der Waals surface area contributed by atoms with Gasteiger partial charge in [-0.05, 0) is 25.8 Å². The fourth-order valence-corrected chi connectivity index (χ4v) is 2.91. The van der Waals surface area contributed by atoms with Gasteiger partial charge in [0.2, 0.25) is 0 Å². The summed E-state index contributed by atoms with van der Waals surface area (Å²) in [5, 5.41) is 0. The Kier molecular flexibility index (Phi) is 5.72. The van der Waals surface area contributed by atoms with Crippen LogP contribution >= 0.6 is 0 Å². The molecule has 1 aliphatic rings. The van der Waals surface area contributed by atoms with E-state index in [4.69, 9.17) is 4.55 Å². The molecule has 0 aromatic heterocycles. The van der Waals surface area contributed by atoms with Gasteiger partial charge in [-0.3, -0.25) is 9.45 Å². The molecule has 0 bridgehead atoms. The van der Waals surface area contributed by atoms with Crippen LogP contribution in [0.2, 0.25) is 0 Å². The lowest BCUT2D eigenvalue weighted by Crippen LogP contribution is -2.40. The summed E-state index contributed by atoms with van der Waals surface area (Å²) >= 11 is 0. The van der Waals surface area contributed by atoms with Crippen molar-refractivity contribution in [1.29, 1.82) is 0 Å². The number of rotatable bonds is 6. The summed E-state index contributed by atoms with van der Waals surface area (Å²) in [5.74, 6) is -0.135. The molecule has 0 amide bonds. The lowest BCUT2D eigenvalue weighted by atomic mass is 9.94. The van der Waals surface area contributed by atoms with Crippen molar-refractivity contribution in [1.82, 2.24) is 4.90 Å². The Morgan fingerprint density at radius 3 is 2.31 bits per heavy atom. The summed E-state index contributed by atoms with van der Waals surface area (Å²) in [6.45, 7) is 3.50. The summed E-state index contributed by atoms with van der Waals surface area (Å²) in [6.07, 6.45) is 7.17. The third-order valence-corrected chi connectivity index (χ3v) is 3.94. The fraction of sp³-hybridized carbons (Fsp3) is 1.00. The molecule has 4 nitrogen and oxygen atoms in total. The largest absolute Gasteiger partial charge is 0.299 e. The quantitative estimate of drug-likeness (QED) is 0.731. The zero-order chi connectivity index (χ0) is 12.0. The van der Waals surface area contributed by atoms with Gasteiger partial charge in [-0.1, -0.05) is 26.2 Å². The van der Waals surface area contributed by atoms with Gasteiger partial charge in [0.05, 0.1) is 5.75 Å². The van der Waals surface area contributed by atoms with Gasteiger partial charge in [0.1, 0.15) is 0 Å². The van der Waals surface area contributed by atoms with Gasteiger partial charge >= 0.3 is 0 Å². The Morgan fingerprint density at radius 1 is 1.19 bits per heavy atom. The predicted octanol–water partition coefficient (Wildman–Crippen LogP) is 1.92. The third-order valence-electron chi connectivity index (χ3n) is 3.24. The Labute approximate surface area is 98.8 Å². The zero-order valence-electron chi connectivity index (χ0n) is 10.1. The van der Waals surface area contributed by atoms with Crippen LogP contribution in [0.25, 0.3) is 0 Å². The minimum Gasteiger partial charge on any atom is -0.299 e. The number of hydrogen-bond donors (Lipinski definition) is 1. The van der Waals surface area contributed by atoms with E-state index in [0.717, 1.165) is 13.0 Å². The van der Waals surface area contributed by atoms with Gasteiger partial charge in [-0.2, -0.15) is 8.42 Å². The van der Waals surface area contributed by atoms with E-state index in [2.05, 4.69) is 11.8 Å². The number of nitrogens with zero attached hydrogens (tertiary/aromatic N) is 1. The average molecular weight is 249 g/mol. The maximum Gasteiger partial charge on any atom is 0.266 e. The highest BCUT2D eigenvalue weighted by atomic mass is 32.2. The van der Waals surface area contributed by atoms with Crippen molar-refractivity contribution in [3.05, 3.63) is 0 Å². The Bertz CT molecular complexity index is 284. The normalized spacial score (nSPS) is 19.2. The maximum atomic E-state index is 10.8. The SMILES string of the molecule is CCCN(CCS(=O)(=O)O)C1CCCCC1.